The number of benzene rings is 2. The summed E-state index contributed by atoms with van der Waals surface area (Å²) in [5.41, 5.74) is 2.30. The molecule has 2 aromatic carbocycles. The normalized spacial score (nSPS) is 11.3. The van der Waals surface area contributed by atoms with E-state index in [4.69, 9.17) is 0 Å². The number of nitrogens with zero attached hydrogens (tertiary/aromatic N) is 3. The lowest BCUT2D eigenvalue weighted by molar-refractivity contribution is 0.509. The van der Waals surface area contributed by atoms with Crippen molar-refractivity contribution in [3.63, 3.8) is 0 Å². The fourth-order valence-electron chi connectivity index (χ4n) is 2.51. The van der Waals surface area contributed by atoms with Gasteiger partial charge in [-0.2, -0.15) is 10.1 Å². The minimum Gasteiger partial charge on any atom is -0.339 e. The van der Waals surface area contributed by atoms with Crippen molar-refractivity contribution in [3.05, 3.63) is 65.9 Å². The Bertz CT molecular complexity index is 922. The van der Waals surface area contributed by atoms with Gasteiger partial charge in [0.15, 0.2) is 17.5 Å². The lowest BCUT2D eigenvalue weighted by atomic mass is 9.86. The molecule has 134 valence electrons. The van der Waals surface area contributed by atoms with E-state index in [1.165, 1.54) is 12.3 Å². The highest BCUT2D eigenvalue weighted by Gasteiger charge is 2.18. The van der Waals surface area contributed by atoms with Gasteiger partial charge in [0.2, 0.25) is 5.95 Å². The van der Waals surface area contributed by atoms with E-state index in [1.807, 2.05) is 24.3 Å². The average molecular weight is 355 g/mol. The van der Waals surface area contributed by atoms with Gasteiger partial charge in [-0.3, -0.25) is 0 Å². The second-order valence-corrected chi connectivity index (χ2v) is 6.84. The molecule has 1 heterocycles. The van der Waals surface area contributed by atoms with Crippen LogP contribution < -0.4 is 10.6 Å². The van der Waals surface area contributed by atoms with E-state index < -0.39 is 11.6 Å². The number of halogens is 2. The Balaban J connectivity index is 1.83. The summed E-state index contributed by atoms with van der Waals surface area (Å²) in [7, 11) is 0. The minimum atomic E-state index is -0.936. The van der Waals surface area contributed by atoms with Crippen LogP contribution >= 0.6 is 0 Å². The van der Waals surface area contributed by atoms with Gasteiger partial charge >= 0.3 is 0 Å². The zero-order valence-electron chi connectivity index (χ0n) is 14.7. The number of hydrogen-bond acceptors (Lipinski definition) is 5. The number of hydrogen-bond donors (Lipinski definition) is 2. The molecule has 0 amide bonds. The van der Waals surface area contributed by atoms with Gasteiger partial charge in [-0.25, -0.2) is 8.78 Å². The van der Waals surface area contributed by atoms with E-state index in [0.717, 1.165) is 23.4 Å². The molecular formula is C19H19F2N5. The fraction of sp³-hybridized carbons (Fsp3) is 0.211. The van der Waals surface area contributed by atoms with Crippen LogP contribution in [0.15, 0.2) is 48.7 Å². The maximum Gasteiger partial charge on any atom is 0.249 e. The van der Waals surface area contributed by atoms with Crippen LogP contribution in [0.25, 0.3) is 0 Å². The van der Waals surface area contributed by atoms with Gasteiger partial charge in [0.1, 0.15) is 0 Å². The topological polar surface area (TPSA) is 62.7 Å². The van der Waals surface area contributed by atoms with Gasteiger partial charge in [0, 0.05) is 17.4 Å². The summed E-state index contributed by atoms with van der Waals surface area (Å²) in [5.74, 6) is -1.18. The number of anilines is 4. The number of nitrogens with one attached hydrogen (secondary N) is 2. The molecule has 0 atom stereocenters. The number of rotatable bonds is 4. The second kappa shape index (κ2) is 7.03. The van der Waals surface area contributed by atoms with Crippen molar-refractivity contribution >= 4 is 23.1 Å². The molecule has 0 aliphatic carbocycles. The zero-order chi connectivity index (χ0) is 18.7. The van der Waals surface area contributed by atoms with Gasteiger partial charge in [-0.05, 0) is 29.2 Å². The highest BCUT2D eigenvalue weighted by Crippen LogP contribution is 2.30. The fourth-order valence-corrected chi connectivity index (χ4v) is 2.51. The van der Waals surface area contributed by atoms with Crippen LogP contribution in [-0.2, 0) is 5.41 Å². The summed E-state index contributed by atoms with van der Waals surface area (Å²) in [6.07, 6.45) is 1.40. The molecule has 0 fully saturated rings. The molecular weight excluding hydrogens is 336 g/mol. The molecule has 0 aliphatic heterocycles. The Hall–Kier alpha value is -3.09. The first-order valence-electron chi connectivity index (χ1n) is 8.11. The van der Waals surface area contributed by atoms with Crippen LogP contribution in [0.1, 0.15) is 26.3 Å². The van der Waals surface area contributed by atoms with Gasteiger partial charge in [0.25, 0.3) is 0 Å². The zero-order valence-corrected chi connectivity index (χ0v) is 14.7. The van der Waals surface area contributed by atoms with E-state index >= 15 is 0 Å². The molecule has 0 aliphatic rings. The van der Waals surface area contributed by atoms with Crippen molar-refractivity contribution in [2.24, 2.45) is 0 Å². The monoisotopic (exact) mass is 355 g/mol. The molecule has 3 aromatic rings. The summed E-state index contributed by atoms with van der Waals surface area (Å²) in [6.45, 7) is 6.36. The van der Waals surface area contributed by atoms with Crippen LogP contribution in [0.4, 0.5) is 31.9 Å². The number of aromatic nitrogens is 3. The Morgan fingerprint density at radius 1 is 0.923 bits per heavy atom. The van der Waals surface area contributed by atoms with Crippen molar-refractivity contribution in [1.82, 2.24) is 15.2 Å². The van der Waals surface area contributed by atoms with Gasteiger partial charge in [0.05, 0.1) is 6.20 Å². The van der Waals surface area contributed by atoms with Crippen molar-refractivity contribution in [3.8, 4) is 0 Å². The summed E-state index contributed by atoms with van der Waals surface area (Å²) < 4.78 is 26.4. The molecule has 1 aromatic heterocycles. The standard InChI is InChI=1S/C19H19F2N5/c1-19(2,3)13-6-4-5-7-16(13)24-18-25-17(11-22-26-18)23-12-8-9-14(20)15(21)10-12/h4-11H,1-3H3,(H2,23,24,25,26). The summed E-state index contributed by atoms with van der Waals surface area (Å²) in [5, 5.41) is 13.9. The van der Waals surface area contributed by atoms with Crippen molar-refractivity contribution in [2.75, 3.05) is 10.6 Å². The molecule has 2 N–H and O–H groups in total. The van der Waals surface area contributed by atoms with E-state index in [1.54, 1.807) is 0 Å². The molecule has 0 saturated carbocycles. The van der Waals surface area contributed by atoms with Crippen LogP contribution in [0.5, 0.6) is 0 Å². The first kappa shape index (κ1) is 17.7. The SMILES string of the molecule is CC(C)(C)c1ccccc1Nc1nncc(Nc2ccc(F)c(F)c2)n1. The van der Waals surface area contributed by atoms with E-state index in [9.17, 15) is 8.78 Å². The third-order valence-corrected chi connectivity index (χ3v) is 3.73. The highest BCUT2D eigenvalue weighted by molar-refractivity contribution is 5.62. The quantitative estimate of drug-likeness (QED) is 0.694. The van der Waals surface area contributed by atoms with Gasteiger partial charge < -0.3 is 10.6 Å². The Morgan fingerprint density at radius 3 is 2.42 bits per heavy atom. The Morgan fingerprint density at radius 2 is 1.69 bits per heavy atom. The molecule has 26 heavy (non-hydrogen) atoms. The van der Waals surface area contributed by atoms with Crippen molar-refractivity contribution < 1.29 is 8.78 Å². The average Bonchev–Trinajstić information content (AvgIpc) is 2.58. The first-order valence-corrected chi connectivity index (χ1v) is 8.11. The first-order chi connectivity index (χ1) is 12.3. The maximum absolute atomic E-state index is 13.3. The largest absolute Gasteiger partial charge is 0.339 e. The Labute approximate surface area is 150 Å². The van der Waals surface area contributed by atoms with Crippen LogP contribution in [0, 0.1) is 11.6 Å². The molecule has 5 nitrogen and oxygen atoms in total. The lowest BCUT2D eigenvalue weighted by Gasteiger charge is -2.22. The molecule has 0 radical (unpaired) electrons. The molecule has 3 rings (SSSR count). The Kier molecular flexibility index (Phi) is 4.79. The minimum absolute atomic E-state index is 0.0570. The highest BCUT2D eigenvalue weighted by atomic mass is 19.2. The predicted octanol–water partition coefficient (Wildman–Crippen LogP) is 4.93. The van der Waals surface area contributed by atoms with E-state index in [0.29, 0.717) is 17.5 Å². The maximum atomic E-state index is 13.3. The van der Waals surface area contributed by atoms with Crippen LogP contribution in [0.3, 0.4) is 0 Å². The third-order valence-electron chi connectivity index (χ3n) is 3.73. The molecule has 7 heteroatoms. The van der Waals surface area contributed by atoms with Crippen LogP contribution in [-0.4, -0.2) is 15.2 Å². The van der Waals surface area contributed by atoms with E-state index in [-0.39, 0.29) is 5.41 Å². The summed E-state index contributed by atoms with van der Waals surface area (Å²) >= 11 is 0. The smallest absolute Gasteiger partial charge is 0.249 e. The van der Waals surface area contributed by atoms with Gasteiger partial charge in [-0.1, -0.05) is 39.0 Å². The molecule has 0 spiro atoms. The third kappa shape index (κ3) is 4.11. The summed E-state index contributed by atoms with van der Waals surface area (Å²) in [4.78, 5) is 4.33. The van der Waals surface area contributed by atoms with Gasteiger partial charge in [-0.15, -0.1) is 5.10 Å². The lowest BCUT2D eigenvalue weighted by Crippen LogP contribution is -2.14. The molecule has 0 unspecified atom stereocenters. The number of para-hydroxylation sites is 1. The summed E-state index contributed by atoms with van der Waals surface area (Å²) in [6, 6.07) is 11.4. The second-order valence-electron chi connectivity index (χ2n) is 6.84. The predicted molar refractivity (Wildman–Crippen MR) is 97.9 cm³/mol. The van der Waals surface area contributed by atoms with Crippen molar-refractivity contribution in [2.45, 2.75) is 26.2 Å². The molecule has 0 saturated heterocycles. The molecule has 0 bridgehead atoms. The van der Waals surface area contributed by atoms with E-state index in [2.05, 4.69) is 46.6 Å². The van der Waals surface area contributed by atoms with Crippen molar-refractivity contribution in [1.29, 1.82) is 0 Å². The van der Waals surface area contributed by atoms with Crippen LogP contribution in [0.2, 0.25) is 0 Å².